The summed E-state index contributed by atoms with van der Waals surface area (Å²) in [5.41, 5.74) is 0.788. The van der Waals surface area contributed by atoms with E-state index in [2.05, 4.69) is 9.88 Å². The molecule has 82 valence electrons. The van der Waals surface area contributed by atoms with Crippen LogP contribution in [0.25, 0.3) is 0 Å². The largest absolute Gasteiger partial charge is 0.392 e. The molecule has 2 heterocycles. The first-order valence-electron chi connectivity index (χ1n) is 4.89. The molecule has 1 aromatic heterocycles. The summed E-state index contributed by atoms with van der Waals surface area (Å²) in [4.78, 5) is 6.34. The van der Waals surface area contributed by atoms with Gasteiger partial charge in [0.05, 0.1) is 19.8 Å². The Balaban J connectivity index is 2.22. The fraction of sp³-hybridized carbons (Fsp3) is 0.500. The molecule has 5 heteroatoms. The quantitative estimate of drug-likeness (QED) is 0.769. The molecular formula is C10H13ClN2O2. The van der Waals surface area contributed by atoms with Gasteiger partial charge in [-0.3, -0.25) is 0 Å². The van der Waals surface area contributed by atoms with Crippen LogP contribution in [0.15, 0.2) is 12.1 Å². The van der Waals surface area contributed by atoms with E-state index in [9.17, 15) is 0 Å². The number of nitrogens with zero attached hydrogens (tertiary/aromatic N) is 2. The van der Waals surface area contributed by atoms with E-state index in [4.69, 9.17) is 21.4 Å². The number of pyridine rings is 1. The second-order valence-corrected chi connectivity index (χ2v) is 3.80. The van der Waals surface area contributed by atoms with Crippen molar-refractivity contribution in [3.05, 3.63) is 22.8 Å². The third kappa shape index (κ3) is 2.59. The molecule has 0 bridgehead atoms. The van der Waals surface area contributed by atoms with Gasteiger partial charge in [-0.15, -0.1) is 0 Å². The molecule has 2 rings (SSSR count). The second kappa shape index (κ2) is 4.79. The maximum absolute atomic E-state index is 9.06. The SMILES string of the molecule is OCc1cc(Cl)nc(N2CCOCC2)c1. The van der Waals surface area contributed by atoms with Crippen LogP contribution in [0.3, 0.4) is 0 Å². The van der Waals surface area contributed by atoms with Crippen molar-refractivity contribution in [2.45, 2.75) is 6.61 Å². The summed E-state index contributed by atoms with van der Waals surface area (Å²) in [6, 6.07) is 3.53. The Kier molecular flexibility index (Phi) is 3.41. The van der Waals surface area contributed by atoms with Gasteiger partial charge in [0.2, 0.25) is 0 Å². The average Bonchev–Trinajstić information content (AvgIpc) is 2.29. The summed E-state index contributed by atoms with van der Waals surface area (Å²) < 4.78 is 5.26. The lowest BCUT2D eigenvalue weighted by atomic mass is 10.2. The van der Waals surface area contributed by atoms with Gasteiger partial charge in [0.1, 0.15) is 11.0 Å². The Morgan fingerprint density at radius 2 is 2.13 bits per heavy atom. The molecule has 1 aliphatic rings. The number of morpholine rings is 1. The molecule has 4 nitrogen and oxygen atoms in total. The molecule has 0 unspecified atom stereocenters. The van der Waals surface area contributed by atoms with E-state index < -0.39 is 0 Å². The summed E-state index contributed by atoms with van der Waals surface area (Å²) in [5, 5.41) is 9.47. The molecule has 1 aliphatic heterocycles. The summed E-state index contributed by atoms with van der Waals surface area (Å²) in [6.45, 7) is 3.04. The Labute approximate surface area is 93.4 Å². The first-order valence-corrected chi connectivity index (χ1v) is 5.27. The summed E-state index contributed by atoms with van der Waals surface area (Å²) in [7, 11) is 0. The van der Waals surface area contributed by atoms with Crippen molar-refractivity contribution in [3.63, 3.8) is 0 Å². The van der Waals surface area contributed by atoms with Crippen LogP contribution < -0.4 is 4.90 Å². The van der Waals surface area contributed by atoms with Crippen molar-refractivity contribution >= 4 is 17.4 Å². The van der Waals surface area contributed by atoms with Gasteiger partial charge < -0.3 is 14.7 Å². The van der Waals surface area contributed by atoms with Gasteiger partial charge >= 0.3 is 0 Å². The molecule has 1 fully saturated rings. The van der Waals surface area contributed by atoms with Crippen molar-refractivity contribution in [3.8, 4) is 0 Å². The first kappa shape index (κ1) is 10.7. The Morgan fingerprint density at radius 3 is 2.80 bits per heavy atom. The molecule has 15 heavy (non-hydrogen) atoms. The fourth-order valence-corrected chi connectivity index (χ4v) is 1.81. The van der Waals surface area contributed by atoms with E-state index in [0.717, 1.165) is 24.5 Å². The minimum atomic E-state index is -0.0143. The number of rotatable bonds is 2. The zero-order valence-corrected chi connectivity index (χ0v) is 9.07. The highest BCUT2D eigenvalue weighted by atomic mass is 35.5. The number of hydrogen-bond donors (Lipinski definition) is 1. The van der Waals surface area contributed by atoms with Crippen molar-refractivity contribution in [1.82, 2.24) is 4.98 Å². The zero-order valence-electron chi connectivity index (χ0n) is 8.32. The van der Waals surface area contributed by atoms with Crippen molar-refractivity contribution in [1.29, 1.82) is 0 Å². The molecule has 0 aromatic carbocycles. The normalized spacial score (nSPS) is 16.8. The maximum Gasteiger partial charge on any atom is 0.131 e. The van der Waals surface area contributed by atoms with Gasteiger partial charge in [0.25, 0.3) is 0 Å². The molecule has 0 radical (unpaired) electrons. The highest BCUT2D eigenvalue weighted by molar-refractivity contribution is 6.29. The van der Waals surface area contributed by atoms with E-state index >= 15 is 0 Å². The van der Waals surface area contributed by atoms with Crippen LogP contribution in [0.2, 0.25) is 5.15 Å². The van der Waals surface area contributed by atoms with Gasteiger partial charge in [-0.1, -0.05) is 11.6 Å². The highest BCUT2D eigenvalue weighted by Crippen LogP contribution is 2.19. The summed E-state index contributed by atoms with van der Waals surface area (Å²) >= 11 is 5.87. The van der Waals surface area contributed by atoms with Gasteiger partial charge in [0.15, 0.2) is 0 Å². The maximum atomic E-state index is 9.06. The van der Waals surface area contributed by atoms with Crippen LogP contribution in [-0.4, -0.2) is 36.4 Å². The van der Waals surface area contributed by atoms with E-state index in [1.54, 1.807) is 6.07 Å². The number of aliphatic hydroxyl groups excluding tert-OH is 1. The third-order valence-corrected chi connectivity index (χ3v) is 2.55. The monoisotopic (exact) mass is 228 g/mol. The summed E-state index contributed by atoms with van der Waals surface area (Å²) in [6.07, 6.45) is 0. The smallest absolute Gasteiger partial charge is 0.131 e. The molecule has 0 aliphatic carbocycles. The van der Waals surface area contributed by atoms with Gasteiger partial charge in [0, 0.05) is 13.1 Å². The number of ether oxygens (including phenoxy) is 1. The molecule has 0 atom stereocenters. The predicted octanol–water partition coefficient (Wildman–Crippen LogP) is 1.06. The highest BCUT2D eigenvalue weighted by Gasteiger charge is 2.13. The van der Waals surface area contributed by atoms with Crippen LogP contribution >= 0.6 is 11.6 Å². The van der Waals surface area contributed by atoms with Crippen LogP contribution in [-0.2, 0) is 11.3 Å². The van der Waals surface area contributed by atoms with Crippen LogP contribution in [0.4, 0.5) is 5.82 Å². The first-order chi connectivity index (χ1) is 7.29. The molecule has 1 N–H and O–H groups in total. The number of hydrogen-bond acceptors (Lipinski definition) is 4. The van der Waals surface area contributed by atoms with Gasteiger partial charge in [-0.05, 0) is 17.7 Å². The number of aliphatic hydroxyl groups is 1. The number of halogens is 1. The van der Waals surface area contributed by atoms with Crippen molar-refractivity contribution < 1.29 is 9.84 Å². The van der Waals surface area contributed by atoms with Crippen molar-refractivity contribution in [2.75, 3.05) is 31.2 Å². The lowest BCUT2D eigenvalue weighted by Gasteiger charge is -2.28. The van der Waals surface area contributed by atoms with E-state index in [1.165, 1.54) is 0 Å². The second-order valence-electron chi connectivity index (χ2n) is 3.41. The van der Waals surface area contributed by atoms with Gasteiger partial charge in [-0.2, -0.15) is 0 Å². The molecule has 0 saturated carbocycles. The van der Waals surface area contributed by atoms with Gasteiger partial charge in [-0.25, -0.2) is 4.98 Å². The minimum absolute atomic E-state index is 0.0143. The summed E-state index contributed by atoms with van der Waals surface area (Å²) in [5.74, 6) is 0.815. The standard InChI is InChI=1S/C10H13ClN2O2/c11-9-5-8(7-14)6-10(12-9)13-1-3-15-4-2-13/h5-6,14H,1-4,7H2. The lowest BCUT2D eigenvalue weighted by Crippen LogP contribution is -2.36. The zero-order chi connectivity index (χ0) is 10.7. The van der Waals surface area contributed by atoms with Crippen molar-refractivity contribution in [2.24, 2.45) is 0 Å². The van der Waals surface area contributed by atoms with E-state index in [-0.39, 0.29) is 6.61 Å². The molecule has 0 spiro atoms. The Bertz CT molecular complexity index is 340. The lowest BCUT2D eigenvalue weighted by molar-refractivity contribution is 0.122. The fourth-order valence-electron chi connectivity index (χ4n) is 1.58. The number of anilines is 1. The average molecular weight is 229 g/mol. The predicted molar refractivity (Wildman–Crippen MR) is 58.2 cm³/mol. The van der Waals surface area contributed by atoms with E-state index in [1.807, 2.05) is 6.07 Å². The topological polar surface area (TPSA) is 45.6 Å². The van der Waals surface area contributed by atoms with Crippen LogP contribution in [0.1, 0.15) is 5.56 Å². The Hall–Kier alpha value is -0.840. The molecule has 1 saturated heterocycles. The minimum Gasteiger partial charge on any atom is -0.392 e. The van der Waals surface area contributed by atoms with E-state index in [0.29, 0.717) is 18.4 Å². The third-order valence-electron chi connectivity index (χ3n) is 2.36. The van der Waals surface area contributed by atoms with Crippen LogP contribution in [0, 0.1) is 0 Å². The molecular weight excluding hydrogens is 216 g/mol. The number of aromatic nitrogens is 1. The molecule has 1 aromatic rings. The molecule has 0 amide bonds. The van der Waals surface area contributed by atoms with Crippen LogP contribution in [0.5, 0.6) is 0 Å². The Morgan fingerprint density at radius 1 is 1.40 bits per heavy atom.